The molecule has 1 aliphatic rings. The summed E-state index contributed by atoms with van der Waals surface area (Å²) in [6.45, 7) is 4.98. The van der Waals surface area contributed by atoms with E-state index >= 15 is 0 Å². The van der Waals surface area contributed by atoms with Gasteiger partial charge >= 0.3 is 0 Å². The number of carbonyl (C=O) groups excluding carboxylic acids is 1. The van der Waals surface area contributed by atoms with Gasteiger partial charge in [0.2, 0.25) is 15.9 Å². The Bertz CT molecular complexity index is 1060. The predicted molar refractivity (Wildman–Crippen MR) is 114 cm³/mol. The van der Waals surface area contributed by atoms with Crippen LogP contribution >= 0.6 is 0 Å². The van der Waals surface area contributed by atoms with E-state index in [1.165, 1.54) is 10.4 Å². The minimum Gasteiger partial charge on any atom is -0.491 e. The van der Waals surface area contributed by atoms with Gasteiger partial charge in [0.15, 0.2) is 11.6 Å². The number of benzene rings is 2. The van der Waals surface area contributed by atoms with Gasteiger partial charge in [-0.2, -0.15) is 4.31 Å². The molecule has 0 radical (unpaired) electrons. The Hall–Kier alpha value is -2.52. The van der Waals surface area contributed by atoms with Crippen molar-refractivity contribution < 1.29 is 26.7 Å². The number of rotatable bonds is 9. The van der Waals surface area contributed by atoms with E-state index in [1.807, 2.05) is 0 Å². The highest BCUT2D eigenvalue weighted by Gasteiger charge is 2.28. The molecule has 0 atom stereocenters. The minimum atomic E-state index is -3.55. The molecule has 1 heterocycles. The maximum absolute atomic E-state index is 13.6. The third-order valence-corrected chi connectivity index (χ3v) is 7.32. The standard InChI is InChI=1S/C22H26F2N2O4S/c1-3-25(4-2)31(28,29)18-8-9-20-16(14-18)11-12-26(20)22(27)6-5-13-30-21-10-7-17(23)15-19(21)24/h7-10,14-15H,3-6,11-13H2,1-2H3. The van der Waals surface area contributed by atoms with E-state index in [9.17, 15) is 22.0 Å². The summed E-state index contributed by atoms with van der Waals surface area (Å²) in [5.74, 6) is -1.63. The van der Waals surface area contributed by atoms with Crippen LogP contribution in [0.1, 0.15) is 32.3 Å². The van der Waals surface area contributed by atoms with Crippen LogP contribution in [0.2, 0.25) is 0 Å². The highest BCUT2D eigenvalue weighted by atomic mass is 32.2. The summed E-state index contributed by atoms with van der Waals surface area (Å²) >= 11 is 0. The summed E-state index contributed by atoms with van der Waals surface area (Å²) in [4.78, 5) is 14.5. The molecule has 0 bridgehead atoms. The molecule has 2 aromatic rings. The first-order chi connectivity index (χ1) is 14.8. The maximum Gasteiger partial charge on any atom is 0.243 e. The molecule has 1 amide bonds. The SMILES string of the molecule is CCN(CC)S(=O)(=O)c1ccc2c(c1)CCN2C(=O)CCCOc1ccc(F)cc1F. The molecule has 0 fully saturated rings. The van der Waals surface area contributed by atoms with Crippen LogP contribution in [0, 0.1) is 11.6 Å². The smallest absolute Gasteiger partial charge is 0.243 e. The quantitative estimate of drug-likeness (QED) is 0.544. The molecule has 168 valence electrons. The Kier molecular flexibility index (Phi) is 7.27. The third-order valence-electron chi connectivity index (χ3n) is 5.28. The number of nitrogens with zero attached hydrogens (tertiary/aromatic N) is 2. The van der Waals surface area contributed by atoms with Crippen LogP contribution in [0.3, 0.4) is 0 Å². The Morgan fingerprint density at radius 1 is 1.13 bits per heavy atom. The topological polar surface area (TPSA) is 66.9 Å². The molecule has 1 aliphatic heterocycles. The molecular weight excluding hydrogens is 426 g/mol. The summed E-state index contributed by atoms with van der Waals surface area (Å²) in [6.07, 6.45) is 1.15. The molecule has 0 saturated carbocycles. The van der Waals surface area contributed by atoms with Gasteiger partial charge in [0.1, 0.15) is 5.82 Å². The lowest BCUT2D eigenvalue weighted by Crippen LogP contribution is -2.30. The van der Waals surface area contributed by atoms with Gasteiger partial charge in [-0.15, -0.1) is 0 Å². The average molecular weight is 453 g/mol. The Morgan fingerprint density at radius 2 is 1.87 bits per heavy atom. The molecule has 9 heteroatoms. The molecular formula is C22H26F2N2O4S. The second kappa shape index (κ2) is 9.74. The lowest BCUT2D eigenvalue weighted by Gasteiger charge is -2.20. The summed E-state index contributed by atoms with van der Waals surface area (Å²) in [6, 6.07) is 7.94. The summed E-state index contributed by atoms with van der Waals surface area (Å²) in [7, 11) is -3.55. The molecule has 0 spiro atoms. The van der Waals surface area contributed by atoms with Crippen LogP contribution in [-0.2, 0) is 21.2 Å². The molecule has 0 unspecified atom stereocenters. The monoisotopic (exact) mass is 452 g/mol. The Morgan fingerprint density at radius 3 is 2.55 bits per heavy atom. The number of hydrogen-bond acceptors (Lipinski definition) is 4. The summed E-state index contributed by atoms with van der Waals surface area (Å²) < 4.78 is 58.6. The fourth-order valence-electron chi connectivity index (χ4n) is 3.64. The number of hydrogen-bond donors (Lipinski definition) is 0. The van der Waals surface area contributed by atoms with Gasteiger partial charge in [0.05, 0.1) is 11.5 Å². The number of sulfonamides is 1. The van der Waals surface area contributed by atoms with E-state index in [0.29, 0.717) is 38.2 Å². The van der Waals surface area contributed by atoms with Crippen LogP contribution in [0.25, 0.3) is 0 Å². The van der Waals surface area contributed by atoms with Gasteiger partial charge in [-0.3, -0.25) is 4.79 Å². The van der Waals surface area contributed by atoms with Crippen LogP contribution in [0.15, 0.2) is 41.3 Å². The molecule has 0 aliphatic carbocycles. The van der Waals surface area contributed by atoms with Crippen LogP contribution in [0.5, 0.6) is 5.75 Å². The molecule has 0 N–H and O–H groups in total. The van der Waals surface area contributed by atoms with E-state index < -0.39 is 21.7 Å². The number of anilines is 1. The summed E-state index contributed by atoms with van der Waals surface area (Å²) in [5.41, 5.74) is 1.54. The van der Waals surface area contributed by atoms with Crippen molar-refractivity contribution in [1.29, 1.82) is 0 Å². The molecule has 0 aromatic heterocycles. The van der Waals surface area contributed by atoms with Gasteiger partial charge in [-0.25, -0.2) is 17.2 Å². The van der Waals surface area contributed by atoms with Crippen molar-refractivity contribution in [3.63, 3.8) is 0 Å². The zero-order valence-corrected chi connectivity index (χ0v) is 18.4. The van der Waals surface area contributed by atoms with Crippen molar-refractivity contribution >= 4 is 21.6 Å². The Balaban J connectivity index is 1.60. The molecule has 2 aromatic carbocycles. The number of amides is 1. The van der Waals surface area contributed by atoms with E-state index in [0.717, 1.165) is 17.7 Å². The second-order valence-corrected chi connectivity index (χ2v) is 9.14. The van der Waals surface area contributed by atoms with Crippen molar-refractivity contribution in [3.8, 4) is 5.75 Å². The average Bonchev–Trinajstić information content (AvgIpc) is 3.16. The summed E-state index contributed by atoms with van der Waals surface area (Å²) in [5, 5.41) is 0. The maximum atomic E-state index is 13.6. The lowest BCUT2D eigenvalue weighted by atomic mass is 10.2. The number of ether oxygens (including phenoxy) is 1. The van der Waals surface area contributed by atoms with E-state index in [-0.39, 0.29) is 29.6 Å². The van der Waals surface area contributed by atoms with Gasteiger partial charge in [0.25, 0.3) is 0 Å². The fraction of sp³-hybridized carbons (Fsp3) is 0.409. The van der Waals surface area contributed by atoms with Crippen LogP contribution in [0.4, 0.5) is 14.5 Å². The van der Waals surface area contributed by atoms with Crippen molar-refractivity contribution in [3.05, 3.63) is 53.6 Å². The van der Waals surface area contributed by atoms with E-state index in [2.05, 4.69) is 0 Å². The van der Waals surface area contributed by atoms with Gasteiger partial charge in [-0.1, -0.05) is 13.8 Å². The van der Waals surface area contributed by atoms with E-state index in [1.54, 1.807) is 36.9 Å². The molecule has 6 nitrogen and oxygen atoms in total. The first kappa shape index (κ1) is 23.1. The molecule has 31 heavy (non-hydrogen) atoms. The zero-order chi connectivity index (χ0) is 22.6. The number of fused-ring (bicyclic) bond motifs is 1. The van der Waals surface area contributed by atoms with Gasteiger partial charge < -0.3 is 9.64 Å². The number of halogens is 2. The van der Waals surface area contributed by atoms with Crippen LogP contribution in [-0.4, -0.2) is 44.9 Å². The normalized spacial score (nSPS) is 13.5. The first-order valence-corrected chi connectivity index (χ1v) is 11.7. The second-order valence-electron chi connectivity index (χ2n) is 7.20. The van der Waals surface area contributed by atoms with Crippen LogP contribution < -0.4 is 9.64 Å². The molecule has 0 saturated heterocycles. The number of carbonyl (C=O) groups is 1. The van der Waals surface area contributed by atoms with Crippen molar-refractivity contribution in [1.82, 2.24) is 4.31 Å². The zero-order valence-electron chi connectivity index (χ0n) is 17.6. The van der Waals surface area contributed by atoms with Gasteiger partial charge in [-0.05, 0) is 48.7 Å². The highest BCUT2D eigenvalue weighted by molar-refractivity contribution is 7.89. The lowest BCUT2D eigenvalue weighted by molar-refractivity contribution is -0.118. The third kappa shape index (κ3) is 5.04. The minimum absolute atomic E-state index is 0.0534. The first-order valence-electron chi connectivity index (χ1n) is 10.3. The largest absolute Gasteiger partial charge is 0.491 e. The fourth-order valence-corrected chi connectivity index (χ4v) is 5.15. The Labute approximate surface area is 181 Å². The van der Waals surface area contributed by atoms with E-state index in [4.69, 9.17) is 4.74 Å². The van der Waals surface area contributed by atoms with Crippen molar-refractivity contribution in [2.45, 2.75) is 38.0 Å². The van der Waals surface area contributed by atoms with Crippen molar-refractivity contribution in [2.24, 2.45) is 0 Å². The van der Waals surface area contributed by atoms with Gasteiger partial charge in [0, 0.05) is 37.8 Å². The molecule has 3 rings (SSSR count). The van der Waals surface area contributed by atoms with Crippen molar-refractivity contribution in [2.75, 3.05) is 31.1 Å². The highest BCUT2D eigenvalue weighted by Crippen LogP contribution is 2.31. The predicted octanol–water partition coefficient (Wildman–Crippen LogP) is 3.74.